The van der Waals surface area contributed by atoms with E-state index in [0.717, 1.165) is 18.4 Å². The molecule has 1 heteroatoms. The average Bonchev–Trinajstić information content (AvgIpc) is 2.93. The molecule has 1 saturated heterocycles. The summed E-state index contributed by atoms with van der Waals surface area (Å²) in [4.78, 5) is 0. The minimum Gasteiger partial charge on any atom is -0.373 e. The van der Waals surface area contributed by atoms with E-state index in [4.69, 9.17) is 4.74 Å². The maximum Gasteiger partial charge on any atom is 0.0838 e. The van der Waals surface area contributed by atoms with Crippen molar-refractivity contribution in [1.82, 2.24) is 0 Å². The largest absolute Gasteiger partial charge is 0.373 e. The van der Waals surface area contributed by atoms with Crippen LogP contribution in [0.15, 0.2) is 0 Å². The normalized spacial score (nSPS) is 39.8. The van der Waals surface area contributed by atoms with Gasteiger partial charge >= 0.3 is 0 Å². The number of rotatable bonds is 1. The molecule has 0 aromatic rings. The lowest BCUT2D eigenvalue weighted by Gasteiger charge is -2.24. The molecular formula is C11H22O. The van der Waals surface area contributed by atoms with Crippen molar-refractivity contribution in [2.24, 2.45) is 11.8 Å². The molecule has 1 atom stereocenters. The molecule has 1 saturated carbocycles. The van der Waals surface area contributed by atoms with Gasteiger partial charge in [-0.05, 0) is 24.7 Å². The third kappa shape index (κ3) is 2.78. The molecule has 0 bridgehead atoms. The van der Waals surface area contributed by atoms with Crippen molar-refractivity contribution >= 4 is 0 Å². The van der Waals surface area contributed by atoms with Crippen molar-refractivity contribution in [2.45, 2.75) is 52.6 Å². The fourth-order valence-electron chi connectivity index (χ4n) is 1.99. The molecule has 72 valence electrons. The van der Waals surface area contributed by atoms with Crippen LogP contribution in [0.25, 0.3) is 0 Å². The number of ether oxygens (including phenoxy) is 1. The lowest BCUT2D eigenvalue weighted by Crippen LogP contribution is -2.16. The Morgan fingerprint density at radius 2 is 1.50 bits per heavy atom. The Hall–Kier alpha value is -0.0400. The van der Waals surface area contributed by atoms with Crippen molar-refractivity contribution in [3.63, 3.8) is 0 Å². The molecule has 0 spiro atoms. The summed E-state index contributed by atoms with van der Waals surface area (Å²) in [5, 5.41) is 0. The highest BCUT2D eigenvalue weighted by Crippen LogP contribution is 2.35. The molecule has 1 nitrogen and oxygen atoms in total. The fourth-order valence-corrected chi connectivity index (χ4v) is 1.99. The summed E-state index contributed by atoms with van der Waals surface area (Å²) < 4.78 is 5.28. The molecule has 2 aliphatic rings. The van der Waals surface area contributed by atoms with Crippen molar-refractivity contribution < 1.29 is 4.74 Å². The first-order valence-corrected chi connectivity index (χ1v) is 5.48. The Morgan fingerprint density at radius 1 is 1.00 bits per heavy atom. The lowest BCUT2D eigenvalue weighted by atomic mass is 9.81. The van der Waals surface area contributed by atoms with E-state index < -0.39 is 0 Å². The molecule has 0 amide bonds. The average molecular weight is 170 g/mol. The predicted octanol–water partition coefficient (Wildman–Crippen LogP) is 3.24. The molecule has 2 rings (SSSR count). The van der Waals surface area contributed by atoms with Crippen LogP contribution in [-0.4, -0.2) is 12.7 Å². The maximum absolute atomic E-state index is 5.28. The summed E-state index contributed by atoms with van der Waals surface area (Å²) in [6.07, 6.45) is 6.39. The van der Waals surface area contributed by atoms with Crippen molar-refractivity contribution in [3.05, 3.63) is 0 Å². The SMILES string of the molecule is CC.CC1CCC(C2CO2)CC1. The van der Waals surface area contributed by atoms with Crippen LogP contribution in [0.4, 0.5) is 0 Å². The van der Waals surface area contributed by atoms with Crippen molar-refractivity contribution in [3.8, 4) is 0 Å². The van der Waals surface area contributed by atoms with Gasteiger partial charge in [0.05, 0.1) is 12.7 Å². The van der Waals surface area contributed by atoms with E-state index in [2.05, 4.69) is 6.92 Å². The molecule has 1 aliphatic carbocycles. The van der Waals surface area contributed by atoms with E-state index >= 15 is 0 Å². The highest BCUT2D eigenvalue weighted by atomic mass is 16.6. The molecule has 0 aromatic carbocycles. The van der Waals surface area contributed by atoms with Crippen LogP contribution in [-0.2, 0) is 4.74 Å². The van der Waals surface area contributed by atoms with Gasteiger partial charge in [0.1, 0.15) is 0 Å². The van der Waals surface area contributed by atoms with E-state index in [9.17, 15) is 0 Å². The first kappa shape index (κ1) is 10.0. The van der Waals surface area contributed by atoms with Crippen molar-refractivity contribution in [1.29, 1.82) is 0 Å². The standard InChI is InChI=1S/C9H16O.C2H6/c1-7-2-4-8(5-3-7)9-6-10-9;1-2/h7-9H,2-6H2,1H3;1-2H3. The van der Waals surface area contributed by atoms with Gasteiger partial charge in [0.15, 0.2) is 0 Å². The maximum atomic E-state index is 5.28. The Balaban J connectivity index is 0.000000336. The second-order valence-corrected chi connectivity index (χ2v) is 3.89. The van der Waals surface area contributed by atoms with Crippen LogP contribution in [0, 0.1) is 11.8 Å². The summed E-state index contributed by atoms with van der Waals surface area (Å²) in [7, 11) is 0. The summed E-state index contributed by atoms with van der Waals surface area (Å²) in [6, 6.07) is 0. The summed E-state index contributed by atoms with van der Waals surface area (Å²) >= 11 is 0. The van der Waals surface area contributed by atoms with Crippen LogP contribution in [0.1, 0.15) is 46.5 Å². The van der Waals surface area contributed by atoms with Crippen LogP contribution in [0.2, 0.25) is 0 Å². The van der Waals surface area contributed by atoms with Gasteiger partial charge in [-0.15, -0.1) is 0 Å². The van der Waals surface area contributed by atoms with E-state index in [0.29, 0.717) is 6.10 Å². The first-order chi connectivity index (χ1) is 5.86. The summed E-state index contributed by atoms with van der Waals surface area (Å²) in [5.74, 6) is 1.91. The Bertz CT molecular complexity index is 110. The molecule has 2 fully saturated rings. The van der Waals surface area contributed by atoms with Crippen LogP contribution in [0.5, 0.6) is 0 Å². The van der Waals surface area contributed by atoms with Gasteiger partial charge in [-0.1, -0.05) is 33.6 Å². The minimum atomic E-state index is 0.674. The topological polar surface area (TPSA) is 12.5 Å². The molecule has 0 radical (unpaired) electrons. The number of epoxide rings is 1. The van der Waals surface area contributed by atoms with E-state index in [1.807, 2.05) is 13.8 Å². The molecule has 1 heterocycles. The third-order valence-electron chi connectivity index (χ3n) is 2.95. The molecule has 1 unspecified atom stereocenters. The van der Waals surface area contributed by atoms with Gasteiger partial charge in [0, 0.05) is 0 Å². The Kier molecular flexibility index (Phi) is 4.07. The second kappa shape index (κ2) is 4.86. The predicted molar refractivity (Wildman–Crippen MR) is 52.2 cm³/mol. The highest BCUT2D eigenvalue weighted by Gasteiger charge is 2.34. The van der Waals surface area contributed by atoms with Gasteiger partial charge in [0.25, 0.3) is 0 Å². The molecule has 0 N–H and O–H groups in total. The smallest absolute Gasteiger partial charge is 0.0838 e. The third-order valence-corrected chi connectivity index (χ3v) is 2.95. The minimum absolute atomic E-state index is 0.674. The van der Waals surface area contributed by atoms with Gasteiger partial charge < -0.3 is 4.74 Å². The first-order valence-electron chi connectivity index (χ1n) is 5.48. The zero-order chi connectivity index (χ0) is 8.97. The van der Waals surface area contributed by atoms with E-state index in [-0.39, 0.29) is 0 Å². The summed E-state index contributed by atoms with van der Waals surface area (Å²) in [5.41, 5.74) is 0. The van der Waals surface area contributed by atoms with Crippen LogP contribution in [0.3, 0.4) is 0 Å². The van der Waals surface area contributed by atoms with Crippen molar-refractivity contribution in [2.75, 3.05) is 6.61 Å². The number of hydrogen-bond acceptors (Lipinski definition) is 1. The second-order valence-electron chi connectivity index (χ2n) is 3.89. The molecule has 12 heavy (non-hydrogen) atoms. The van der Waals surface area contributed by atoms with Gasteiger partial charge in [0.2, 0.25) is 0 Å². The van der Waals surface area contributed by atoms with Gasteiger partial charge in [-0.3, -0.25) is 0 Å². The van der Waals surface area contributed by atoms with E-state index in [1.54, 1.807) is 0 Å². The Labute approximate surface area is 76.5 Å². The molecule has 0 aromatic heterocycles. The highest BCUT2D eigenvalue weighted by molar-refractivity contribution is 4.82. The lowest BCUT2D eigenvalue weighted by molar-refractivity contribution is 0.232. The van der Waals surface area contributed by atoms with Crippen LogP contribution >= 0.6 is 0 Å². The van der Waals surface area contributed by atoms with Crippen LogP contribution < -0.4 is 0 Å². The van der Waals surface area contributed by atoms with Gasteiger partial charge in [-0.2, -0.15) is 0 Å². The van der Waals surface area contributed by atoms with Gasteiger partial charge in [-0.25, -0.2) is 0 Å². The monoisotopic (exact) mass is 170 g/mol. The summed E-state index contributed by atoms with van der Waals surface area (Å²) in [6.45, 7) is 7.42. The molecular weight excluding hydrogens is 148 g/mol. The fraction of sp³-hybridized carbons (Fsp3) is 1.00. The number of hydrogen-bond donors (Lipinski definition) is 0. The zero-order valence-corrected chi connectivity index (χ0v) is 8.68. The zero-order valence-electron chi connectivity index (χ0n) is 8.68. The molecule has 1 aliphatic heterocycles. The quantitative estimate of drug-likeness (QED) is 0.550. The van der Waals surface area contributed by atoms with E-state index in [1.165, 1.54) is 25.7 Å². The Morgan fingerprint density at radius 3 is 1.92 bits per heavy atom.